The van der Waals surface area contributed by atoms with E-state index in [0.717, 1.165) is 18.4 Å². The van der Waals surface area contributed by atoms with Crippen LogP contribution in [-0.4, -0.2) is 31.7 Å². The smallest absolute Gasteiger partial charge is 0.307 e. The number of nitrogens with zero attached hydrogens (tertiary/aromatic N) is 3. The number of carbonyl (C=O) groups is 1. The Kier molecular flexibility index (Phi) is 6.26. The summed E-state index contributed by atoms with van der Waals surface area (Å²) in [6.45, 7) is 4.30. The van der Waals surface area contributed by atoms with Gasteiger partial charge in [0, 0.05) is 5.92 Å². The molecule has 0 spiro atoms. The van der Waals surface area contributed by atoms with Gasteiger partial charge in [0.25, 0.3) is 0 Å². The molecule has 2 atom stereocenters. The lowest BCUT2D eigenvalue weighted by Gasteiger charge is -2.21. The fourth-order valence-electron chi connectivity index (χ4n) is 2.85. The Bertz CT molecular complexity index is 584. The van der Waals surface area contributed by atoms with Crippen molar-refractivity contribution in [1.82, 2.24) is 20.6 Å². The molecule has 23 heavy (non-hydrogen) atoms. The molecule has 0 fully saturated rings. The minimum atomic E-state index is -0.792. The number of carboxylic acids is 1. The van der Waals surface area contributed by atoms with Crippen molar-refractivity contribution in [2.45, 2.75) is 45.4 Å². The van der Waals surface area contributed by atoms with Gasteiger partial charge in [0.1, 0.15) is 0 Å². The van der Waals surface area contributed by atoms with Crippen molar-refractivity contribution in [3.05, 3.63) is 41.7 Å². The number of hydrogen-bond acceptors (Lipinski definition) is 4. The molecule has 0 bridgehead atoms. The van der Waals surface area contributed by atoms with E-state index in [4.69, 9.17) is 0 Å². The molecular formula is C17H24N4O2. The molecule has 2 aromatic rings. The van der Waals surface area contributed by atoms with Crippen LogP contribution < -0.4 is 0 Å². The molecule has 0 unspecified atom stereocenters. The van der Waals surface area contributed by atoms with Gasteiger partial charge in [-0.2, -0.15) is 5.21 Å². The molecule has 0 saturated heterocycles. The number of aromatic nitrogens is 4. The number of hydrogen-bond donors (Lipinski definition) is 2. The molecule has 0 aliphatic heterocycles. The van der Waals surface area contributed by atoms with Crippen molar-refractivity contribution in [3.8, 4) is 0 Å². The van der Waals surface area contributed by atoms with Gasteiger partial charge in [-0.3, -0.25) is 4.79 Å². The summed E-state index contributed by atoms with van der Waals surface area (Å²) < 4.78 is 0. The first-order valence-corrected chi connectivity index (χ1v) is 8.08. The fraction of sp³-hybridized carbons (Fsp3) is 0.529. The summed E-state index contributed by atoms with van der Waals surface area (Å²) in [7, 11) is 0. The highest BCUT2D eigenvalue weighted by molar-refractivity contribution is 5.71. The van der Waals surface area contributed by atoms with E-state index in [1.54, 1.807) is 0 Å². The van der Waals surface area contributed by atoms with Crippen LogP contribution in [0.1, 0.15) is 50.4 Å². The second kappa shape index (κ2) is 8.41. The highest BCUT2D eigenvalue weighted by atomic mass is 16.4. The van der Waals surface area contributed by atoms with Crippen molar-refractivity contribution in [1.29, 1.82) is 0 Å². The zero-order chi connectivity index (χ0) is 16.7. The summed E-state index contributed by atoms with van der Waals surface area (Å²) in [5, 5.41) is 23.8. The van der Waals surface area contributed by atoms with Crippen LogP contribution in [0.3, 0.4) is 0 Å². The molecule has 0 saturated carbocycles. The maximum atomic E-state index is 11.8. The molecule has 0 radical (unpaired) electrons. The lowest BCUT2D eigenvalue weighted by Crippen LogP contribution is -2.25. The van der Waals surface area contributed by atoms with Crippen molar-refractivity contribution < 1.29 is 9.90 Å². The van der Waals surface area contributed by atoms with Crippen LogP contribution in [0.15, 0.2) is 30.3 Å². The second-order valence-corrected chi connectivity index (χ2v) is 6.34. The first-order valence-electron chi connectivity index (χ1n) is 8.08. The normalized spacial score (nSPS) is 13.9. The van der Waals surface area contributed by atoms with Crippen LogP contribution in [0.25, 0.3) is 0 Å². The zero-order valence-corrected chi connectivity index (χ0v) is 13.6. The number of aliphatic carboxylic acids is 1. The Balaban J connectivity index is 2.17. The van der Waals surface area contributed by atoms with Crippen molar-refractivity contribution in [2.75, 3.05) is 0 Å². The monoisotopic (exact) mass is 316 g/mol. The second-order valence-electron chi connectivity index (χ2n) is 6.34. The number of H-pyrrole nitrogens is 1. The molecular weight excluding hydrogens is 292 g/mol. The summed E-state index contributed by atoms with van der Waals surface area (Å²) in [4.78, 5) is 11.8. The van der Waals surface area contributed by atoms with E-state index < -0.39 is 11.9 Å². The third kappa shape index (κ3) is 5.16. The molecule has 0 aliphatic rings. The van der Waals surface area contributed by atoms with Crippen LogP contribution in [-0.2, 0) is 11.2 Å². The quantitative estimate of drug-likeness (QED) is 0.742. The van der Waals surface area contributed by atoms with Gasteiger partial charge >= 0.3 is 5.97 Å². The highest BCUT2D eigenvalue weighted by Gasteiger charge is 2.32. The highest BCUT2D eigenvalue weighted by Crippen LogP contribution is 2.30. The molecule has 1 aromatic carbocycles. The first-order chi connectivity index (χ1) is 11.1. The standard InChI is InChI=1S/C17H24N4O2/c1-12(2)7-6-10-14(17(22)23)15(16-18-20-21-19-16)11-13-8-4-3-5-9-13/h3-5,8-9,12,14-15H,6-7,10-11H2,1-2H3,(H,22,23)(H,18,19,20,21)/t14-,15-/m0/s1. The van der Waals surface area contributed by atoms with Gasteiger partial charge < -0.3 is 5.11 Å². The summed E-state index contributed by atoms with van der Waals surface area (Å²) in [5.74, 6) is -0.528. The molecule has 6 nitrogen and oxygen atoms in total. The molecule has 0 amide bonds. The Hall–Kier alpha value is -2.24. The molecule has 6 heteroatoms. The van der Waals surface area contributed by atoms with Crippen LogP contribution in [0.4, 0.5) is 0 Å². The van der Waals surface area contributed by atoms with Crippen molar-refractivity contribution in [3.63, 3.8) is 0 Å². The van der Waals surface area contributed by atoms with Crippen molar-refractivity contribution >= 4 is 5.97 Å². The van der Waals surface area contributed by atoms with E-state index in [9.17, 15) is 9.90 Å². The lowest BCUT2D eigenvalue weighted by molar-refractivity contribution is -0.143. The number of aromatic amines is 1. The number of rotatable bonds is 9. The zero-order valence-electron chi connectivity index (χ0n) is 13.6. The van der Waals surface area contributed by atoms with Crippen LogP contribution in [0.2, 0.25) is 0 Å². The molecule has 0 aliphatic carbocycles. The van der Waals surface area contributed by atoms with Gasteiger partial charge in [-0.15, -0.1) is 10.2 Å². The molecule has 2 rings (SSSR count). The van der Waals surface area contributed by atoms with Gasteiger partial charge in [0.2, 0.25) is 0 Å². The van der Waals surface area contributed by atoms with E-state index in [1.807, 2.05) is 30.3 Å². The van der Waals surface area contributed by atoms with Gasteiger partial charge in [-0.25, -0.2) is 0 Å². The number of benzene rings is 1. The van der Waals surface area contributed by atoms with E-state index in [1.165, 1.54) is 0 Å². The fourth-order valence-corrected chi connectivity index (χ4v) is 2.85. The van der Waals surface area contributed by atoms with Gasteiger partial charge in [0.15, 0.2) is 5.82 Å². The van der Waals surface area contributed by atoms with Crippen LogP contribution in [0, 0.1) is 11.8 Å². The molecule has 124 valence electrons. The minimum absolute atomic E-state index is 0.277. The molecule has 1 heterocycles. The maximum absolute atomic E-state index is 11.8. The lowest BCUT2D eigenvalue weighted by atomic mass is 9.82. The largest absolute Gasteiger partial charge is 0.481 e. The van der Waals surface area contributed by atoms with Crippen LogP contribution in [0.5, 0.6) is 0 Å². The summed E-state index contributed by atoms with van der Waals surface area (Å²) >= 11 is 0. The third-order valence-corrected chi connectivity index (χ3v) is 4.09. The number of nitrogens with one attached hydrogen (secondary N) is 1. The predicted octanol–water partition coefficient (Wildman–Crippen LogP) is 3.05. The van der Waals surface area contributed by atoms with Crippen LogP contribution >= 0.6 is 0 Å². The van der Waals surface area contributed by atoms with E-state index in [2.05, 4.69) is 34.5 Å². The predicted molar refractivity (Wildman–Crippen MR) is 86.9 cm³/mol. The van der Waals surface area contributed by atoms with Gasteiger partial charge in [-0.05, 0) is 24.3 Å². The Labute approximate surface area is 136 Å². The summed E-state index contributed by atoms with van der Waals surface area (Å²) in [6, 6.07) is 9.86. The average Bonchev–Trinajstić information content (AvgIpc) is 3.04. The topological polar surface area (TPSA) is 91.8 Å². The van der Waals surface area contributed by atoms with Gasteiger partial charge in [-0.1, -0.05) is 62.2 Å². The maximum Gasteiger partial charge on any atom is 0.307 e. The van der Waals surface area contributed by atoms with Gasteiger partial charge in [0.05, 0.1) is 5.92 Å². The number of tetrazole rings is 1. The third-order valence-electron chi connectivity index (χ3n) is 4.09. The Morgan fingerprint density at radius 2 is 1.96 bits per heavy atom. The Morgan fingerprint density at radius 1 is 1.22 bits per heavy atom. The SMILES string of the molecule is CC(C)CCC[C@H](C(=O)O)[C@H](Cc1ccccc1)c1nn[nH]n1. The number of carboxylic acid groups (broad SMARTS) is 1. The van der Waals surface area contributed by atoms with E-state index in [-0.39, 0.29) is 5.92 Å². The van der Waals surface area contributed by atoms with E-state index in [0.29, 0.717) is 24.6 Å². The van der Waals surface area contributed by atoms with E-state index >= 15 is 0 Å². The molecule has 1 aromatic heterocycles. The summed E-state index contributed by atoms with van der Waals surface area (Å²) in [5.41, 5.74) is 1.08. The minimum Gasteiger partial charge on any atom is -0.481 e. The first kappa shape index (κ1) is 17.1. The Morgan fingerprint density at radius 3 is 2.52 bits per heavy atom. The summed E-state index contributed by atoms with van der Waals surface area (Å²) in [6.07, 6.45) is 3.13. The average molecular weight is 316 g/mol. The van der Waals surface area contributed by atoms with Crippen molar-refractivity contribution in [2.24, 2.45) is 11.8 Å². The molecule has 2 N–H and O–H groups in total.